The molecule has 2 heterocycles. The molecule has 0 atom stereocenters. The third kappa shape index (κ3) is 3.12. The van der Waals surface area contributed by atoms with Crippen LogP contribution in [0.2, 0.25) is 0 Å². The van der Waals surface area contributed by atoms with E-state index in [1.54, 1.807) is 18.3 Å². The fourth-order valence-corrected chi connectivity index (χ4v) is 2.13. The topological polar surface area (TPSA) is 82.5 Å². The molecule has 24 heavy (non-hydrogen) atoms. The van der Waals surface area contributed by atoms with Gasteiger partial charge in [-0.1, -0.05) is 0 Å². The SMILES string of the molecule is CC1(C)OC(=O)C(=CNc2ccc(-n3cccn3)c(F)c2)C(=O)O1. The molecule has 124 valence electrons. The maximum atomic E-state index is 14.1. The maximum Gasteiger partial charge on any atom is 0.350 e. The van der Waals surface area contributed by atoms with Crippen molar-refractivity contribution < 1.29 is 23.5 Å². The largest absolute Gasteiger partial charge is 0.419 e. The number of carbonyl (C=O) groups is 2. The standard InChI is InChI=1S/C16H14FN3O4/c1-16(2)23-14(21)11(15(22)24-16)9-18-10-4-5-13(12(17)8-10)20-7-3-6-19-20/h3-9,18H,1-2H3. The summed E-state index contributed by atoms with van der Waals surface area (Å²) in [4.78, 5) is 23.6. The zero-order valence-electron chi connectivity index (χ0n) is 12.9. The molecular formula is C16H14FN3O4. The Balaban J connectivity index is 1.78. The summed E-state index contributed by atoms with van der Waals surface area (Å²) >= 11 is 0. The van der Waals surface area contributed by atoms with Crippen LogP contribution in [0.25, 0.3) is 5.69 Å². The van der Waals surface area contributed by atoms with Gasteiger partial charge in [-0.05, 0) is 24.3 Å². The first-order valence-electron chi connectivity index (χ1n) is 7.09. The van der Waals surface area contributed by atoms with E-state index in [-0.39, 0.29) is 11.3 Å². The first kappa shape index (κ1) is 15.7. The molecule has 7 nitrogen and oxygen atoms in total. The fraction of sp³-hybridized carbons (Fsp3) is 0.188. The maximum absolute atomic E-state index is 14.1. The lowest BCUT2D eigenvalue weighted by atomic mass is 10.2. The number of aromatic nitrogens is 2. The van der Waals surface area contributed by atoms with Crippen molar-refractivity contribution >= 4 is 17.6 Å². The Morgan fingerprint density at radius 2 is 1.96 bits per heavy atom. The van der Waals surface area contributed by atoms with Crippen molar-refractivity contribution in [1.82, 2.24) is 9.78 Å². The lowest BCUT2D eigenvalue weighted by Crippen LogP contribution is -2.42. The van der Waals surface area contributed by atoms with Crippen molar-refractivity contribution in [3.05, 3.63) is 54.2 Å². The van der Waals surface area contributed by atoms with Gasteiger partial charge >= 0.3 is 11.9 Å². The normalized spacial score (nSPS) is 16.4. The molecule has 1 fully saturated rings. The quantitative estimate of drug-likeness (QED) is 0.527. The van der Waals surface area contributed by atoms with Crippen LogP contribution in [0, 0.1) is 5.82 Å². The smallest absolute Gasteiger partial charge is 0.350 e. The highest BCUT2D eigenvalue weighted by atomic mass is 19.1. The molecule has 1 aromatic heterocycles. The Morgan fingerprint density at radius 1 is 1.25 bits per heavy atom. The summed E-state index contributed by atoms with van der Waals surface area (Å²) in [5, 5.41) is 6.63. The highest BCUT2D eigenvalue weighted by Crippen LogP contribution is 2.23. The Labute approximate surface area is 136 Å². The van der Waals surface area contributed by atoms with Crippen LogP contribution in [-0.4, -0.2) is 27.5 Å². The number of cyclic esters (lactones) is 2. The van der Waals surface area contributed by atoms with Gasteiger partial charge in [-0.25, -0.2) is 18.7 Å². The predicted octanol–water partition coefficient (Wildman–Crippen LogP) is 2.14. The molecular weight excluding hydrogens is 317 g/mol. The van der Waals surface area contributed by atoms with Gasteiger partial charge in [0.25, 0.3) is 5.79 Å². The molecule has 8 heteroatoms. The predicted molar refractivity (Wildman–Crippen MR) is 81.5 cm³/mol. The number of nitrogens with zero attached hydrogens (tertiary/aromatic N) is 2. The van der Waals surface area contributed by atoms with Crippen LogP contribution in [0.1, 0.15) is 13.8 Å². The molecule has 0 bridgehead atoms. The van der Waals surface area contributed by atoms with Gasteiger partial charge < -0.3 is 14.8 Å². The molecule has 1 aromatic carbocycles. The average Bonchev–Trinajstić information content (AvgIpc) is 2.99. The van der Waals surface area contributed by atoms with Crippen LogP contribution in [0.15, 0.2) is 48.4 Å². The van der Waals surface area contributed by atoms with E-state index in [4.69, 9.17) is 9.47 Å². The van der Waals surface area contributed by atoms with E-state index in [1.165, 1.54) is 36.9 Å². The second-order valence-electron chi connectivity index (χ2n) is 5.50. The number of benzene rings is 1. The number of ether oxygens (including phenoxy) is 2. The van der Waals surface area contributed by atoms with Crippen LogP contribution in [0.5, 0.6) is 0 Å². The molecule has 0 radical (unpaired) electrons. The van der Waals surface area contributed by atoms with Gasteiger partial charge in [0.1, 0.15) is 5.69 Å². The Morgan fingerprint density at radius 3 is 2.54 bits per heavy atom. The third-order valence-corrected chi connectivity index (χ3v) is 3.20. The van der Waals surface area contributed by atoms with E-state index in [0.29, 0.717) is 5.69 Å². The molecule has 3 rings (SSSR count). The zero-order valence-corrected chi connectivity index (χ0v) is 12.9. The first-order valence-corrected chi connectivity index (χ1v) is 7.09. The van der Waals surface area contributed by atoms with E-state index < -0.39 is 23.5 Å². The van der Waals surface area contributed by atoms with E-state index in [1.807, 2.05) is 0 Å². The monoisotopic (exact) mass is 331 g/mol. The summed E-state index contributed by atoms with van der Waals surface area (Å²) in [6, 6.07) is 6.00. The highest BCUT2D eigenvalue weighted by Gasteiger charge is 2.38. The molecule has 2 aromatic rings. The highest BCUT2D eigenvalue weighted by molar-refractivity contribution is 6.15. The second-order valence-corrected chi connectivity index (χ2v) is 5.50. The van der Waals surface area contributed by atoms with E-state index in [0.717, 1.165) is 6.20 Å². The Kier molecular flexibility index (Phi) is 3.80. The summed E-state index contributed by atoms with van der Waals surface area (Å²) in [5.74, 6) is -3.44. The molecule has 0 unspecified atom stereocenters. The van der Waals surface area contributed by atoms with Crippen LogP contribution in [0.3, 0.4) is 0 Å². The van der Waals surface area contributed by atoms with Crippen LogP contribution in [0.4, 0.5) is 10.1 Å². The van der Waals surface area contributed by atoms with Crippen LogP contribution < -0.4 is 5.32 Å². The Hall–Kier alpha value is -3.16. The summed E-state index contributed by atoms with van der Waals surface area (Å²) < 4.78 is 25.4. The number of esters is 2. The summed E-state index contributed by atoms with van der Waals surface area (Å²) in [5.41, 5.74) is 0.323. The van der Waals surface area contributed by atoms with Gasteiger partial charge in [-0.15, -0.1) is 0 Å². The van der Waals surface area contributed by atoms with Gasteiger partial charge in [0, 0.05) is 38.1 Å². The first-order chi connectivity index (χ1) is 11.4. The number of anilines is 1. The van der Waals surface area contributed by atoms with Gasteiger partial charge in [-0.2, -0.15) is 5.10 Å². The number of hydrogen-bond donors (Lipinski definition) is 1. The molecule has 0 amide bonds. The minimum atomic E-state index is -1.30. The number of hydrogen-bond acceptors (Lipinski definition) is 6. The molecule has 1 N–H and O–H groups in total. The van der Waals surface area contributed by atoms with Crippen LogP contribution in [-0.2, 0) is 19.1 Å². The molecule has 0 saturated carbocycles. The molecule has 1 aliphatic heterocycles. The number of rotatable bonds is 3. The van der Waals surface area contributed by atoms with Crippen molar-refractivity contribution in [3.8, 4) is 5.69 Å². The van der Waals surface area contributed by atoms with Crippen molar-refractivity contribution in [1.29, 1.82) is 0 Å². The number of halogens is 1. The average molecular weight is 331 g/mol. The van der Waals surface area contributed by atoms with Crippen LogP contribution >= 0.6 is 0 Å². The van der Waals surface area contributed by atoms with Gasteiger partial charge in [0.15, 0.2) is 11.4 Å². The van der Waals surface area contributed by atoms with Crippen molar-refractivity contribution in [3.63, 3.8) is 0 Å². The molecule has 1 aliphatic rings. The van der Waals surface area contributed by atoms with Gasteiger partial charge in [-0.3, -0.25) is 0 Å². The Bertz CT molecular complexity index is 806. The lowest BCUT2D eigenvalue weighted by Gasteiger charge is -2.29. The minimum Gasteiger partial charge on any atom is -0.419 e. The van der Waals surface area contributed by atoms with Gasteiger partial charge in [0.2, 0.25) is 0 Å². The molecule has 1 saturated heterocycles. The molecule has 0 aliphatic carbocycles. The second kappa shape index (κ2) is 5.80. The van der Waals surface area contributed by atoms with E-state index in [9.17, 15) is 14.0 Å². The summed E-state index contributed by atoms with van der Waals surface area (Å²) in [6.07, 6.45) is 4.28. The van der Waals surface area contributed by atoms with E-state index >= 15 is 0 Å². The number of nitrogens with one attached hydrogen (secondary N) is 1. The fourth-order valence-electron chi connectivity index (χ4n) is 2.13. The lowest BCUT2D eigenvalue weighted by molar-refractivity contribution is -0.222. The molecule has 0 spiro atoms. The van der Waals surface area contributed by atoms with Crippen molar-refractivity contribution in [2.24, 2.45) is 0 Å². The third-order valence-electron chi connectivity index (χ3n) is 3.20. The van der Waals surface area contributed by atoms with Crippen molar-refractivity contribution in [2.45, 2.75) is 19.6 Å². The summed E-state index contributed by atoms with van der Waals surface area (Å²) in [7, 11) is 0. The zero-order chi connectivity index (χ0) is 17.3. The summed E-state index contributed by atoms with van der Waals surface area (Å²) in [6.45, 7) is 2.91. The number of carbonyl (C=O) groups excluding carboxylic acids is 2. The van der Waals surface area contributed by atoms with E-state index in [2.05, 4.69) is 10.4 Å². The minimum absolute atomic E-state index is 0.274. The van der Waals surface area contributed by atoms with Gasteiger partial charge in [0.05, 0.1) is 0 Å². The van der Waals surface area contributed by atoms with Crippen molar-refractivity contribution in [2.75, 3.05) is 5.32 Å².